The molecule has 198 valence electrons. The third-order valence-corrected chi connectivity index (χ3v) is 7.53. The van der Waals surface area contributed by atoms with E-state index < -0.39 is 5.82 Å². The van der Waals surface area contributed by atoms with Crippen LogP contribution in [0.5, 0.6) is 11.5 Å². The molecule has 0 unspecified atom stereocenters. The summed E-state index contributed by atoms with van der Waals surface area (Å²) in [6, 6.07) is 15.6. The summed E-state index contributed by atoms with van der Waals surface area (Å²) in [5.74, 6) is 1.41. The summed E-state index contributed by atoms with van der Waals surface area (Å²) in [5.41, 5.74) is 1.65. The Balaban J connectivity index is 1.73. The molecule has 2 aromatic carbocycles. The van der Waals surface area contributed by atoms with Crippen molar-refractivity contribution in [1.29, 1.82) is 0 Å². The number of hydrogen-bond donors (Lipinski definition) is 1. The van der Waals surface area contributed by atoms with Crippen molar-refractivity contribution in [3.63, 3.8) is 0 Å². The fourth-order valence-corrected chi connectivity index (χ4v) is 5.32. The highest BCUT2D eigenvalue weighted by Gasteiger charge is 2.45. The Kier molecular flexibility index (Phi) is 7.59. The average molecular weight is 508 g/mol. The number of nitrogens with one attached hydrogen (secondary N) is 1. The van der Waals surface area contributed by atoms with Crippen molar-refractivity contribution in [2.75, 3.05) is 31.5 Å². The van der Waals surface area contributed by atoms with E-state index in [4.69, 9.17) is 14.5 Å². The van der Waals surface area contributed by atoms with Gasteiger partial charge in [0.15, 0.2) is 11.6 Å². The normalized spacial score (nSPS) is 17.3. The van der Waals surface area contributed by atoms with E-state index in [2.05, 4.69) is 67.0 Å². The molecule has 4 rings (SSSR count). The maximum Gasteiger partial charge on any atom is 0.229 e. The quantitative estimate of drug-likeness (QED) is 0.399. The van der Waals surface area contributed by atoms with Crippen LogP contribution in [0.4, 0.5) is 21.8 Å². The molecule has 3 aromatic rings. The fraction of sp³-hybridized carbons (Fsp3) is 0.448. The van der Waals surface area contributed by atoms with E-state index in [1.54, 1.807) is 20.3 Å². The Hall–Kier alpha value is -3.39. The molecule has 1 aliphatic heterocycles. The highest BCUT2D eigenvalue weighted by Crippen LogP contribution is 2.41. The van der Waals surface area contributed by atoms with Gasteiger partial charge in [-0.15, -0.1) is 0 Å². The molecule has 1 aromatic heterocycles. The van der Waals surface area contributed by atoms with E-state index in [9.17, 15) is 0 Å². The first kappa shape index (κ1) is 26.7. The van der Waals surface area contributed by atoms with Gasteiger partial charge in [-0.1, -0.05) is 30.3 Å². The lowest BCUT2D eigenvalue weighted by atomic mass is 9.77. The largest absolute Gasteiger partial charge is 0.497 e. The van der Waals surface area contributed by atoms with Gasteiger partial charge in [0.05, 0.1) is 20.4 Å². The molecule has 1 fully saturated rings. The van der Waals surface area contributed by atoms with Gasteiger partial charge in [-0.3, -0.25) is 4.90 Å². The summed E-state index contributed by atoms with van der Waals surface area (Å²) in [4.78, 5) is 13.5. The standard InChI is InChI=1S/C29H38FN5O2/c1-28(2)16-22(17-29(3,4)34(28)5)35(19-20-11-9-8-10-12-20)26-25(30)18-31-27(33-26)32-21-13-23(36-6)15-24(14-21)37-7/h8-15,18,22H,16-17,19H2,1-7H3,(H,31,32,33). The summed E-state index contributed by atoms with van der Waals surface area (Å²) in [5, 5.41) is 3.20. The molecular formula is C29H38FN5O2. The highest BCUT2D eigenvalue weighted by atomic mass is 19.1. The predicted octanol–water partition coefficient (Wildman–Crippen LogP) is 6.03. The van der Waals surface area contributed by atoms with Gasteiger partial charge >= 0.3 is 0 Å². The average Bonchev–Trinajstić information content (AvgIpc) is 2.87. The van der Waals surface area contributed by atoms with Gasteiger partial charge in [0.1, 0.15) is 11.5 Å². The lowest BCUT2D eigenvalue weighted by Crippen LogP contribution is -2.62. The van der Waals surface area contributed by atoms with Crippen LogP contribution in [-0.2, 0) is 6.54 Å². The minimum absolute atomic E-state index is 0.0664. The zero-order chi connectivity index (χ0) is 26.8. The third kappa shape index (κ3) is 5.96. The molecule has 1 saturated heterocycles. The van der Waals surface area contributed by atoms with E-state index in [0.717, 1.165) is 18.4 Å². The number of hydrogen-bond acceptors (Lipinski definition) is 7. The van der Waals surface area contributed by atoms with Gasteiger partial charge in [0, 0.05) is 47.6 Å². The van der Waals surface area contributed by atoms with Crippen LogP contribution in [0.15, 0.2) is 54.7 Å². The summed E-state index contributed by atoms with van der Waals surface area (Å²) in [6.45, 7) is 9.55. The molecule has 37 heavy (non-hydrogen) atoms. The SMILES string of the molecule is COc1cc(Nc2ncc(F)c(N(Cc3ccccc3)C3CC(C)(C)N(C)C(C)(C)C3)n2)cc(OC)c1. The van der Waals surface area contributed by atoms with E-state index in [1.165, 1.54) is 6.20 Å². The van der Waals surface area contributed by atoms with Crippen molar-refractivity contribution in [3.8, 4) is 11.5 Å². The van der Waals surface area contributed by atoms with Crippen molar-refractivity contribution in [2.24, 2.45) is 0 Å². The molecule has 0 aliphatic carbocycles. The van der Waals surface area contributed by atoms with Crippen LogP contribution < -0.4 is 19.7 Å². The number of halogens is 1. The maximum absolute atomic E-state index is 15.5. The van der Waals surface area contributed by atoms with Crippen molar-refractivity contribution in [2.45, 2.75) is 64.2 Å². The van der Waals surface area contributed by atoms with Crippen LogP contribution in [0.1, 0.15) is 46.1 Å². The lowest BCUT2D eigenvalue weighted by molar-refractivity contribution is -0.0132. The number of benzene rings is 2. The van der Waals surface area contributed by atoms with Crippen molar-refractivity contribution < 1.29 is 13.9 Å². The molecule has 0 saturated carbocycles. The van der Waals surface area contributed by atoms with Crippen molar-refractivity contribution in [1.82, 2.24) is 14.9 Å². The first-order chi connectivity index (χ1) is 17.5. The minimum Gasteiger partial charge on any atom is -0.497 e. The van der Waals surface area contributed by atoms with Crippen LogP contribution in [0.2, 0.25) is 0 Å². The lowest BCUT2D eigenvalue weighted by Gasteiger charge is -2.55. The number of likely N-dealkylation sites (tertiary alicyclic amines) is 1. The third-order valence-electron chi connectivity index (χ3n) is 7.53. The molecule has 8 heteroatoms. The number of piperidine rings is 1. The van der Waals surface area contributed by atoms with Crippen LogP contribution in [0.3, 0.4) is 0 Å². The topological polar surface area (TPSA) is 62.8 Å². The summed E-state index contributed by atoms with van der Waals surface area (Å²) >= 11 is 0. The number of rotatable bonds is 8. The van der Waals surface area contributed by atoms with Gasteiger partial charge < -0.3 is 19.7 Å². The molecule has 0 radical (unpaired) electrons. The van der Waals surface area contributed by atoms with Gasteiger partial charge in [0.25, 0.3) is 0 Å². The second-order valence-electron chi connectivity index (χ2n) is 11.0. The molecule has 0 bridgehead atoms. The highest BCUT2D eigenvalue weighted by molar-refractivity contribution is 5.60. The Bertz CT molecular complexity index is 1180. The number of ether oxygens (including phenoxy) is 2. The maximum atomic E-state index is 15.5. The monoisotopic (exact) mass is 507 g/mol. The van der Waals surface area contributed by atoms with Crippen LogP contribution >= 0.6 is 0 Å². The molecule has 0 spiro atoms. The van der Waals surface area contributed by atoms with E-state index in [0.29, 0.717) is 29.7 Å². The zero-order valence-electron chi connectivity index (χ0n) is 22.9. The number of methoxy groups -OCH3 is 2. The van der Waals surface area contributed by atoms with Crippen molar-refractivity contribution in [3.05, 3.63) is 66.1 Å². The Labute approximate surface area is 219 Å². The van der Waals surface area contributed by atoms with Crippen LogP contribution in [0.25, 0.3) is 0 Å². The molecule has 1 N–H and O–H groups in total. The van der Waals surface area contributed by atoms with Crippen molar-refractivity contribution >= 4 is 17.5 Å². The molecule has 1 aliphatic rings. The Morgan fingerprint density at radius 2 is 1.59 bits per heavy atom. The van der Waals surface area contributed by atoms with E-state index in [-0.39, 0.29) is 22.9 Å². The minimum atomic E-state index is -0.445. The zero-order valence-corrected chi connectivity index (χ0v) is 22.9. The second-order valence-corrected chi connectivity index (χ2v) is 11.0. The smallest absolute Gasteiger partial charge is 0.229 e. The number of anilines is 3. The molecule has 0 amide bonds. The fourth-order valence-electron chi connectivity index (χ4n) is 5.32. The van der Waals surface area contributed by atoms with Gasteiger partial charge in [-0.2, -0.15) is 4.98 Å². The van der Waals surface area contributed by atoms with E-state index in [1.807, 2.05) is 30.3 Å². The first-order valence-electron chi connectivity index (χ1n) is 12.6. The number of nitrogens with zero attached hydrogens (tertiary/aromatic N) is 4. The summed E-state index contributed by atoms with van der Waals surface area (Å²) < 4.78 is 26.2. The van der Waals surface area contributed by atoms with Gasteiger partial charge in [-0.25, -0.2) is 9.37 Å². The van der Waals surface area contributed by atoms with Gasteiger partial charge in [0.2, 0.25) is 5.95 Å². The molecule has 0 atom stereocenters. The molecule has 7 nitrogen and oxygen atoms in total. The van der Waals surface area contributed by atoms with Gasteiger partial charge in [-0.05, 0) is 53.1 Å². The predicted molar refractivity (Wildman–Crippen MR) is 146 cm³/mol. The van der Waals surface area contributed by atoms with Crippen LogP contribution in [0, 0.1) is 5.82 Å². The summed E-state index contributed by atoms with van der Waals surface area (Å²) in [6.07, 6.45) is 2.99. The Morgan fingerprint density at radius 3 is 2.16 bits per heavy atom. The molecule has 2 heterocycles. The van der Waals surface area contributed by atoms with Crippen LogP contribution in [-0.4, -0.2) is 53.3 Å². The second kappa shape index (κ2) is 10.5. The summed E-state index contributed by atoms with van der Waals surface area (Å²) in [7, 11) is 5.36. The van der Waals surface area contributed by atoms with E-state index >= 15 is 4.39 Å². The molecular weight excluding hydrogens is 469 g/mol. The Morgan fingerprint density at radius 1 is 1.00 bits per heavy atom. The first-order valence-corrected chi connectivity index (χ1v) is 12.6. The number of aromatic nitrogens is 2.